The van der Waals surface area contributed by atoms with Crippen LogP contribution in [-0.4, -0.2) is 53.4 Å². The molecule has 7 heteroatoms. The zero-order valence-electron chi connectivity index (χ0n) is 15.3. The molecule has 6 nitrogen and oxygen atoms in total. The normalized spacial score (nSPS) is 26.0. The van der Waals surface area contributed by atoms with Gasteiger partial charge in [-0.05, 0) is 19.4 Å². The van der Waals surface area contributed by atoms with E-state index in [1.165, 1.54) is 0 Å². The van der Waals surface area contributed by atoms with E-state index in [9.17, 15) is 0 Å². The Bertz CT molecular complexity index is 753. The second kappa shape index (κ2) is 7.60. The number of nitrogens with zero attached hydrogens (tertiary/aromatic N) is 3. The van der Waals surface area contributed by atoms with Gasteiger partial charge in [-0.3, -0.25) is 4.90 Å². The molecule has 26 heavy (non-hydrogen) atoms. The monoisotopic (exact) mass is 375 g/mol. The van der Waals surface area contributed by atoms with Gasteiger partial charge in [-0.2, -0.15) is 0 Å². The molecular formula is C19H25N3O3S. The fourth-order valence-electron chi connectivity index (χ4n) is 3.90. The zero-order chi connectivity index (χ0) is 18.0. The third-order valence-corrected chi connectivity index (χ3v) is 5.96. The van der Waals surface area contributed by atoms with E-state index in [2.05, 4.69) is 26.3 Å². The van der Waals surface area contributed by atoms with Crippen LogP contribution in [0.4, 0.5) is 0 Å². The van der Waals surface area contributed by atoms with Gasteiger partial charge >= 0.3 is 0 Å². The molecule has 0 aromatic carbocycles. The zero-order valence-corrected chi connectivity index (χ0v) is 16.1. The summed E-state index contributed by atoms with van der Waals surface area (Å²) in [7, 11) is 1.67. The predicted octanol–water partition coefficient (Wildman–Crippen LogP) is 2.81. The van der Waals surface area contributed by atoms with Crippen molar-refractivity contribution >= 4 is 11.3 Å². The Labute approximate surface area is 158 Å². The van der Waals surface area contributed by atoms with Gasteiger partial charge in [0.2, 0.25) is 5.88 Å². The molecule has 4 rings (SSSR count). The van der Waals surface area contributed by atoms with E-state index in [4.69, 9.17) is 14.2 Å². The average Bonchev–Trinajstić information content (AvgIpc) is 3.35. The number of thiazole rings is 1. The maximum absolute atomic E-state index is 6.20. The second-order valence-electron chi connectivity index (χ2n) is 7.12. The number of hydrogen-bond acceptors (Lipinski definition) is 7. The third kappa shape index (κ3) is 3.91. The molecule has 0 amide bonds. The molecule has 0 radical (unpaired) electrons. The third-order valence-electron chi connectivity index (χ3n) is 5.14. The van der Waals surface area contributed by atoms with Gasteiger partial charge in [0.25, 0.3) is 0 Å². The maximum atomic E-state index is 6.20. The minimum atomic E-state index is -0.0713. The van der Waals surface area contributed by atoms with Crippen molar-refractivity contribution in [1.82, 2.24) is 14.9 Å². The highest BCUT2D eigenvalue weighted by Gasteiger charge is 2.45. The molecule has 140 valence electrons. The lowest BCUT2D eigenvalue weighted by molar-refractivity contribution is -0.000782. The SMILES string of the molecule is COc1ncccc1CN1CC[C@]2(C[C@H](OCc3csc(C)n3)CO2)C1. The number of pyridine rings is 1. The first-order valence-corrected chi connectivity index (χ1v) is 9.91. The molecule has 2 aliphatic heterocycles. The van der Waals surface area contributed by atoms with Crippen molar-refractivity contribution < 1.29 is 14.2 Å². The Morgan fingerprint density at radius 2 is 2.38 bits per heavy atom. The molecular weight excluding hydrogens is 350 g/mol. The number of aromatic nitrogens is 2. The summed E-state index contributed by atoms with van der Waals surface area (Å²) in [5, 5.41) is 3.15. The number of likely N-dealkylation sites (tertiary alicyclic amines) is 1. The standard InChI is InChI=1S/C19H25N3O3S/c1-14-21-16(12-26-14)10-24-17-8-19(25-11-17)5-7-22(13-19)9-15-4-3-6-20-18(15)23-2/h3-4,6,12,17H,5,7-11,13H2,1-2H3/t17-,19-/m0/s1. The fraction of sp³-hybridized carbons (Fsp3) is 0.579. The molecule has 2 aromatic heterocycles. The molecule has 0 saturated carbocycles. The predicted molar refractivity (Wildman–Crippen MR) is 99.4 cm³/mol. The molecule has 2 fully saturated rings. The molecule has 1 spiro atoms. The van der Waals surface area contributed by atoms with Crippen LogP contribution in [0.3, 0.4) is 0 Å². The van der Waals surface area contributed by atoms with E-state index >= 15 is 0 Å². The number of hydrogen-bond donors (Lipinski definition) is 0. The lowest BCUT2D eigenvalue weighted by Gasteiger charge is -2.23. The van der Waals surface area contributed by atoms with Crippen LogP contribution in [0.25, 0.3) is 0 Å². The second-order valence-corrected chi connectivity index (χ2v) is 8.18. The van der Waals surface area contributed by atoms with E-state index in [-0.39, 0.29) is 11.7 Å². The van der Waals surface area contributed by atoms with Gasteiger partial charge in [-0.15, -0.1) is 11.3 Å². The Hall–Kier alpha value is -1.54. The van der Waals surface area contributed by atoms with Crippen LogP contribution in [-0.2, 0) is 22.6 Å². The summed E-state index contributed by atoms with van der Waals surface area (Å²) in [6.45, 7) is 6.06. The molecule has 2 aliphatic rings. The molecule has 0 N–H and O–H groups in total. The minimum Gasteiger partial charge on any atom is -0.481 e. The highest BCUT2D eigenvalue weighted by Crippen LogP contribution is 2.37. The van der Waals surface area contributed by atoms with Gasteiger partial charge in [0.1, 0.15) is 0 Å². The van der Waals surface area contributed by atoms with Gasteiger partial charge in [0.05, 0.1) is 42.7 Å². The van der Waals surface area contributed by atoms with Crippen molar-refractivity contribution in [3.05, 3.63) is 40.0 Å². The van der Waals surface area contributed by atoms with Crippen molar-refractivity contribution in [2.24, 2.45) is 0 Å². The van der Waals surface area contributed by atoms with Crippen molar-refractivity contribution in [2.75, 3.05) is 26.8 Å². The van der Waals surface area contributed by atoms with Gasteiger partial charge in [0, 0.05) is 43.2 Å². The summed E-state index contributed by atoms with van der Waals surface area (Å²) in [5.74, 6) is 0.709. The van der Waals surface area contributed by atoms with Crippen LogP contribution < -0.4 is 4.74 Å². The lowest BCUT2D eigenvalue weighted by Crippen LogP contribution is -2.33. The van der Waals surface area contributed by atoms with Gasteiger partial charge in [0.15, 0.2) is 0 Å². The van der Waals surface area contributed by atoms with Crippen molar-refractivity contribution in [3.63, 3.8) is 0 Å². The summed E-state index contributed by atoms with van der Waals surface area (Å²) in [6.07, 6.45) is 3.92. The van der Waals surface area contributed by atoms with E-state index in [1.54, 1.807) is 24.6 Å². The van der Waals surface area contributed by atoms with E-state index in [0.717, 1.165) is 48.7 Å². The first-order valence-electron chi connectivity index (χ1n) is 9.03. The first-order chi connectivity index (χ1) is 12.7. The quantitative estimate of drug-likeness (QED) is 0.774. The Morgan fingerprint density at radius 1 is 1.46 bits per heavy atom. The number of rotatable bonds is 6. The molecule has 2 atom stereocenters. The molecule has 0 bridgehead atoms. The van der Waals surface area contributed by atoms with Crippen LogP contribution >= 0.6 is 11.3 Å². The number of ether oxygens (including phenoxy) is 3. The number of aryl methyl sites for hydroxylation is 1. The van der Waals surface area contributed by atoms with Crippen molar-refractivity contribution in [3.8, 4) is 5.88 Å². The Kier molecular flexibility index (Phi) is 5.22. The molecule has 0 unspecified atom stereocenters. The summed E-state index contributed by atoms with van der Waals surface area (Å²) < 4.78 is 17.6. The molecule has 2 aromatic rings. The topological polar surface area (TPSA) is 56.7 Å². The smallest absolute Gasteiger partial charge is 0.217 e. The summed E-state index contributed by atoms with van der Waals surface area (Å²) in [4.78, 5) is 11.2. The van der Waals surface area contributed by atoms with Crippen molar-refractivity contribution in [1.29, 1.82) is 0 Å². The first kappa shape index (κ1) is 17.9. The van der Waals surface area contributed by atoms with Crippen LogP contribution in [0.2, 0.25) is 0 Å². The van der Waals surface area contributed by atoms with Crippen molar-refractivity contribution in [2.45, 2.75) is 44.6 Å². The summed E-state index contributed by atoms with van der Waals surface area (Å²) >= 11 is 1.67. The highest BCUT2D eigenvalue weighted by molar-refractivity contribution is 7.09. The van der Waals surface area contributed by atoms with Crippen LogP contribution in [0, 0.1) is 6.92 Å². The summed E-state index contributed by atoms with van der Waals surface area (Å²) in [5.41, 5.74) is 2.07. The number of methoxy groups -OCH3 is 1. The van der Waals surface area contributed by atoms with E-state index < -0.39 is 0 Å². The molecule has 4 heterocycles. The molecule has 2 saturated heterocycles. The van der Waals surface area contributed by atoms with Gasteiger partial charge in [-0.1, -0.05) is 6.07 Å². The Balaban J connectivity index is 1.30. The highest BCUT2D eigenvalue weighted by atomic mass is 32.1. The average molecular weight is 375 g/mol. The van der Waals surface area contributed by atoms with Gasteiger partial charge < -0.3 is 14.2 Å². The van der Waals surface area contributed by atoms with Gasteiger partial charge in [-0.25, -0.2) is 9.97 Å². The lowest BCUT2D eigenvalue weighted by atomic mass is 9.98. The molecule has 0 aliphatic carbocycles. The minimum absolute atomic E-state index is 0.0713. The summed E-state index contributed by atoms with van der Waals surface area (Å²) in [6, 6.07) is 4.04. The van der Waals surface area contributed by atoms with Crippen LogP contribution in [0.5, 0.6) is 5.88 Å². The van der Waals surface area contributed by atoms with Crippen LogP contribution in [0.1, 0.15) is 29.1 Å². The van der Waals surface area contributed by atoms with Crippen LogP contribution in [0.15, 0.2) is 23.7 Å². The maximum Gasteiger partial charge on any atom is 0.217 e. The van der Waals surface area contributed by atoms with E-state index in [0.29, 0.717) is 19.1 Å². The van der Waals surface area contributed by atoms with E-state index in [1.807, 2.05) is 13.0 Å². The largest absolute Gasteiger partial charge is 0.481 e. The fourth-order valence-corrected chi connectivity index (χ4v) is 4.50. The Morgan fingerprint density at radius 3 is 3.19 bits per heavy atom.